The van der Waals surface area contributed by atoms with E-state index in [4.69, 9.17) is 4.74 Å². The van der Waals surface area contributed by atoms with Crippen molar-refractivity contribution in [1.82, 2.24) is 9.38 Å². The molecule has 0 aliphatic rings. The van der Waals surface area contributed by atoms with E-state index in [1.807, 2.05) is 46.4 Å². The molecule has 1 aromatic carbocycles. The van der Waals surface area contributed by atoms with Gasteiger partial charge in [-0.1, -0.05) is 12.1 Å². The smallest absolute Gasteiger partial charge is 0.193 e. The van der Waals surface area contributed by atoms with Crippen molar-refractivity contribution in [3.63, 3.8) is 0 Å². The average molecular weight is 309 g/mol. The lowest BCUT2D eigenvalue weighted by Gasteiger charge is -2.05. The van der Waals surface area contributed by atoms with Crippen LogP contribution in [0.1, 0.15) is 5.69 Å². The molecular formula is C12H9BrN2OS. The van der Waals surface area contributed by atoms with Gasteiger partial charge in [0.2, 0.25) is 0 Å². The summed E-state index contributed by atoms with van der Waals surface area (Å²) in [4.78, 5) is 5.45. The lowest BCUT2D eigenvalue weighted by atomic mass is 10.3. The predicted octanol–water partition coefficient (Wildman–Crippen LogP) is 3.74. The minimum Gasteiger partial charge on any atom is -0.486 e. The van der Waals surface area contributed by atoms with Crippen molar-refractivity contribution in [2.45, 2.75) is 6.61 Å². The first-order chi connectivity index (χ1) is 8.33. The van der Waals surface area contributed by atoms with E-state index in [1.165, 1.54) is 0 Å². The molecule has 0 saturated carbocycles. The van der Waals surface area contributed by atoms with Crippen molar-refractivity contribution in [3.05, 3.63) is 52.2 Å². The zero-order valence-corrected chi connectivity index (χ0v) is 11.2. The van der Waals surface area contributed by atoms with E-state index in [0.717, 1.165) is 20.9 Å². The van der Waals surface area contributed by atoms with E-state index in [-0.39, 0.29) is 0 Å². The summed E-state index contributed by atoms with van der Waals surface area (Å²) in [7, 11) is 0. The summed E-state index contributed by atoms with van der Waals surface area (Å²) < 4.78 is 8.67. The molecule has 3 aromatic rings. The number of thiazole rings is 1. The molecule has 0 aliphatic heterocycles. The summed E-state index contributed by atoms with van der Waals surface area (Å²) in [6.07, 6.45) is 3.98. The Kier molecular flexibility index (Phi) is 2.86. The molecule has 0 amide bonds. The standard InChI is InChI=1S/C12H9BrN2OS/c13-10-3-1-2-4-11(10)16-8-9-7-15-5-6-17-12(15)14-9/h1-7H,8H2. The van der Waals surface area contributed by atoms with Gasteiger partial charge >= 0.3 is 0 Å². The molecule has 17 heavy (non-hydrogen) atoms. The molecule has 0 fully saturated rings. The molecule has 0 atom stereocenters. The van der Waals surface area contributed by atoms with E-state index >= 15 is 0 Å². The van der Waals surface area contributed by atoms with Crippen LogP contribution in [0.2, 0.25) is 0 Å². The van der Waals surface area contributed by atoms with Crippen LogP contribution in [0.15, 0.2) is 46.5 Å². The fourth-order valence-electron chi connectivity index (χ4n) is 1.56. The van der Waals surface area contributed by atoms with Crippen molar-refractivity contribution in [3.8, 4) is 5.75 Å². The molecule has 2 aromatic heterocycles. The highest BCUT2D eigenvalue weighted by atomic mass is 79.9. The van der Waals surface area contributed by atoms with Crippen LogP contribution in [-0.4, -0.2) is 9.38 Å². The number of hydrogen-bond acceptors (Lipinski definition) is 3. The molecule has 2 heterocycles. The molecule has 5 heteroatoms. The van der Waals surface area contributed by atoms with Crippen LogP contribution in [0.4, 0.5) is 0 Å². The second-order valence-corrected chi connectivity index (χ2v) is 5.27. The third-order valence-corrected chi connectivity index (χ3v) is 3.78. The van der Waals surface area contributed by atoms with Gasteiger partial charge in [-0.25, -0.2) is 4.98 Å². The van der Waals surface area contributed by atoms with Gasteiger partial charge in [0.1, 0.15) is 12.4 Å². The minimum atomic E-state index is 0.483. The summed E-state index contributed by atoms with van der Waals surface area (Å²) in [6, 6.07) is 7.80. The van der Waals surface area contributed by atoms with Crippen molar-refractivity contribution in [1.29, 1.82) is 0 Å². The largest absolute Gasteiger partial charge is 0.486 e. The van der Waals surface area contributed by atoms with E-state index < -0.39 is 0 Å². The predicted molar refractivity (Wildman–Crippen MR) is 71.5 cm³/mol. The number of halogens is 1. The quantitative estimate of drug-likeness (QED) is 0.737. The number of fused-ring (bicyclic) bond motifs is 1. The van der Waals surface area contributed by atoms with Gasteiger partial charge in [-0.15, -0.1) is 11.3 Å². The van der Waals surface area contributed by atoms with Crippen molar-refractivity contribution < 1.29 is 4.74 Å². The van der Waals surface area contributed by atoms with Gasteiger partial charge in [0, 0.05) is 17.8 Å². The van der Waals surface area contributed by atoms with Gasteiger partial charge in [0.05, 0.1) is 10.2 Å². The van der Waals surface area contributed by atoms with E-state index in [2.05, 4.69) is 20.9 Å². The van der Waals surface area contributed by atoms with Crippen molar-refractivity contribution in [2.24, 2.45) is 0 Å². The maximum atomic E-state index is 5.70. The van der Waals surface area contributed by atoms with E-state index in [0.29, 0.717) is 6.61 Å². The van der Waals surface area contributed by atoms with Gasteiger partial charge in [-0.3, -0.25) is 4.40 Å². The first-order valence-corrected chi connectivity index (χ1v) is 6.78. The maximum absolute atomic E-state index is 5.70. The van der Waals surface area contributed by atoms with Gasteiger partial charge in [0.25, 0.3) is 0 Å². The summed E-state index contributed by atoms with van der Waals surface area (Å²) in [5.74, 6) is 0.837. The molecule has 0 spiro atoms. The second kappa shape index (κ2) is 4.50. The highest BCUT2D eigenvalue weighted by Gasteiger charge is 2.04. The van der Waals surface area contributed by atoms with Crippen LogP contribution < -0.4 is 4.74 Å². The molecule has 0 saturated heterocycles. The van der Waals surface area contributed by atoms with Gasteiger partial charge in [-0.05, 0) is 28.1 Å². The molecule has 0 bridgehead atoms. The fourth-order valence-corrected chi connectivity index (χ4v) is 2.68. The average Bonchev–Trinajstić information content (AvgIpc) is 2.88. The number of rotatable bonds is 3. The number of ether oxygens (including phenoxy) is 1. The number of benzene rings is 1. The third kappa shape index (κ3) is 2.21. The van der Waals surface area contributed by atoms with E-state index in [9.17, 15) is 0 Å². The number of para-hydroxylation sites is 1. The molecule has 3 nitrogen and oxygen atoms in total. The van der Waals surface area contributed by atoms with Crippen molar-refractivity contribution in [2.75, 3.05) is 0 Å². The Hall–Kier alpha value is -1.33. The Morgan fingerprint density at radius 2 is 2.24 bits per heavy atom. The molecular weight excluding hydrogens is 300 g/mol. The van der Waals surface area contributed by atoms with E-state index in [1.54, 1.807) is 11.3 Å². The molecule has 0 aliphatic carbocycles. The lowest BCUT2D eigenvalue weighted by molar-refractivity contribution is 0.300. The van der Waals surface area contributed by atoms with Crippen LogP contribution in [-0.2, 0) is 6.61 Å². The Bertz CT molecular complexity index is 618. The molecule has 0 unspecified atom stereocenters. The molecule has 0 radical (unpaired) electrons. The summed E-state index contributed by atoms with van der Waals surface area (Å²) in [5, 5.41) is 2.01. The Balaban J connectivity index is 1.76. The van der Waals surface area contributed by atoms with Crippen LogP contribution in [0.3, 0.4) is 0 Å². The van der Waals surface area contributed by atoms with Gasteiger partial charge < -0.3 is 4.74 Å². The second-order valence-electron chi connectivity index (χ2n) is 3.54. The summed E-state index contributed by atoms with van der Waals surface area (Å²) in [5.41, 5.74) is 0.938. The molecule has 0 N–H and O–H groups in total. The third-order valence-electron chi connectivity index (χ3n) is 2.36. The minimum absolute atomic E-state index is 0.483. The number of aromatic nitrogens is 2. The number of nitrogens with zero attached hydrogens (tertiary/aromatic N) is 2. The normalized spacial score (nSPS) is 10.9. The monoisotopic (exact) mass is 308 g/mol. The lowest BCUT2D eigenvalue weighted by Crippen LogP contribution is -1.95. The van der Waals surface area contributed by atoms with Crippen LogP contribution >= 0.6 is 27.3 Å². The Morgan fingerprint density at radius 1 is 1.35 bits per heavy atom. The SMILES string of the molecule is Brc1ccccc1OCc1cn2ccsc2n1. The zero-order chi connectivity index (χ0) is 11.7. The highest BCUT2D eigenvalue weighted by Crippen LogP contribution is 2.24. The Morgan fingerprint density at radius 3 is 3.06 bits per heavy atom. The van der Waals surface area contributed by atoms with Gasteiger partial charge in [0.15, 0.2) is 4.96 Å². The first kappa shape index (κ1) is 10.8. The van der Waals surface area contributed by atoms with Crippen LogP contribution in [0.25, 0.3) is 4.96 Å². The van der Waals surface area contributed by atoms with Gasteiger partial charge in [-0.2, -0.15) is 0 Å². The first-order valence-electron chi connectivity index (χ1n) is 5.11. The van der Waals surface area contributed by atoms with Crippen molar-refractivity contribution >= 4 is 32.2 Å². The Labute approximate surface area is 111 Å². The summed E-state index contributed by atoms with van der Waals surface area (Å²) >= 11 is 5.07. The number of imidazole rings is 1. The highest BCUT2D eigenvalue weighted by molar-refractivity contribution is 9.10. The molecule has 3 rings (SSSR count). The summed E-state index contributed by atoms with van der Waals surface area (Å²) in [6.45, 7) is 0.483. The van der Waals surface area contributed by atoms with Crippen LogP contribution in [0, 0.1) is 0 Å². The van der Waals surface area contributed by atoms with Crippen LogP contribution in [0.5, 0.6) is 5.75 Å². The maximum Gasteiger partial charge on any atom is 0.193 e. The topological polar surface area (TPSA) is 26.5 Å². The fraction of sp³-hybridized carbons (Fsp3) is 0.0833. The zero-order valence-electron chi connectivity index (χ0n) is 8.84. The molecule has 86 valence electrons. The number of hydrogen-bond donors (Lipinski definition) is 0.